The van der Waals surface area contributed by atoms with Crippen LogP contribution in [-0.4, -0.2) is 36.9 Å². The molecule has 0 fully saturated rings. The first kappa shape index (κ1) is 22.4. The highest BCUT2D eigenvalue weighted by Crippen LogP contribution is 2.32. The second kappa shape index (κ2) is 9.11. The number of hydrogen-bond acceptors (Lipinski definition) is 7. The van der Waals surface area contributed by atoms with Gasteiger partial charge in [0.25, 0.3) is 21.5 Å². The van der Waals surface area contributed by atoms with Gasteiger partial charge in [0.1, 0.15) is 11.2 Å². The number of anilines is 2. The largest absolute Gasteiger partial charge is 0.490 e. The number of sulfonamides is 1. The molecule has 0 spiro atoms. The molecule has 0 aliphatic carbocycles. The summed E-state index contributed by atoms with van der Waals surface area (Å²) in [4.78, 5) is 29.4. The number of fused-ring (bicyclic) bond motifs is 2. The number of benzene rings is 2. The van der Waals surface area contributed by atoms with Crippen molar-refractivity contribution in [3.05, 3.63) is 89.0 Å². The smallest absolute Gasteiger partial charge is 0.270 e. The minimum atomic E-state index is -3.89. The third kappa shape index (κ3) is 4.66. The number of pyridine rings is 1. The average molecular weight is 493 g/mol. The van der Waals surface area contributed by atoms with Crippen molar-refractivity contribution >= 4 is 33.0 Å². The Bertz CT molecular complexity index is 1580. The normalized spacial score (nSPS) is 13.1. The maximum Gasteiger partial charge on any atom is 0.270 e. The summed E-state index contributed by atoms with van der Waals surface area (Å²) in [5, 5.41) is 2.63. The molecule has 0 radical (unpaired) electrons. The van der Waals surface area contributed by atoms with Gasteiger partial charge >= 0.3 is 0 Å². The third-order valence-electron chi connectivity index (χ3n) is 5.28. The van der Waals surface area contributed by atoms with Crippen molar-refractivity contribution < 1.29 is 22.7 Å². The molecule has 1 aliphatic heterocycles. The van der Waals surface area contributed by atoms with Crippen LogP contribution in [0.3, 0.4) is 0 Å². The molecule has 0 unspecified atom stereocenters. The SMILES string of the molecule is O=C(Nc1ccc(NS(=O)(=O)c2ccc3c(c2)OCCCO3)cc1)c1cnc2ccccn2c1=O. The van der Waals surface area contributed by atoms with E-state index in [9.17, 15) is 18.0 Å². The van der Waals surface area contributed by atoms with E-state index in [0.717, 1.165) is 0 Å². The van der Waals surface area contributed by atoms with E-state index in [1.807, 2.05) is 0 Å². The quantitative estimate of drug-likeness (QED) is 0.438. The first-order valence-electron chi connectivity index (χ1n) is 10.7. The molecule has 1 aliphatic rings. The van der Waals surface area contributed by atoms with Gasteiger partial charge in [-0.1, -0.05) is 6.07 Å². The van der Waals surface area contributed by atoms with Crippen molar-refractivity contribution in [3.8, 4) is 11.5 Å². The molecule has 0 atom stereocenters. The molecule has 2 aromatic heterocycles. The monoisotopic (exact) mass is 492 g/mol. The van der Waals surface area contributed by atoms with Crippen molar-refractivity contribution in [2.24, 2.45) is 0 Å². The third-order valence-corrected chi connectivity index (χ3v) is 6.66. The minimum absolute atomic E-state index is 0.0309. The first-order valence-corrected chi connectivity index (χ1v) is 12.2. The zero-order valence-electron chi connectivity index (χ0n) is 18.3. The van der Waals surface area contributed by atoms with Crippen LogP contribution in [0.5, 0.6) is 11.5 Å². The summed E-state index contributed by atoms with van der Waals surface area (Å²) in [6, 6.07) is 15.6. The molecule has 1 amide bonds. The van der Waals surface area contributed by atoms with E-state index in [2.05, 4.69) is 15.0 Å². The molecule has 5 rings (SSSR count). The minimum Gasteiger partial charge on any atom is -0.490 e. The first-order chi connectivity index (χ1) is 16.9. The number of amides is 1. The number of ether oxygens (including phenoxy) is 2. The van der Waals surface area contributed by atoms with Crippen LogP contribution in [0.2, 0.25) is 0 Å². The van der Waals surface area contributed by atoms with Gasteiger partial charge in [-0.2, -0.15) is 0 Å². The van der Waals surface area contributed by atoms with Crippen molar-refractivity contribution in [2.45, 2.75) is 11.3 Å². The van der Waals surface area contributed by atoms with E-state index in [1.165, 1.54) is 53.2 Å². The fourth-order valence-electron chi connectivity index (χ4n) is 3.53. The van der Waals surface area contributed by atoms with Gasteiger partial charge in [0.15, 0.2) is 11.5 Å². The Kier molecular flexibility index (Phi) is 5.83. The molecule has 2 aromatic carbocycles. The van der Waals surface area contributed by atoms with Gasteiger partial charge in [-0.25, -0.2) is 13.4 Å². The van der Waals surface area contributed by atoms with Gasteiger partial charge < -0.3 is 14.8 Å². The molecular weight excluding hydrogens is 472 g/mol. The van der Waals surface area contributed by atoms with E-state index in [4.69, 9.17) is 9.47 Å². The number of carbonyl (C=O) groups is 1. The second-order valence-electron chi connectivity index (χ2n) is 7.70. The lowest BCUT2D eigenvalue weighted by Crippen LogP contribution is -2.26. The summed E-state index contributed by atoms with van der Waals surface area (Å²) in [6.45, 7) is 0.950. The zero-order chi connectivity index (χ0) is 24.4. The van der Waals surface area contributed by atoms with Gasteiger partial charge in [-0.05, 0) is 48.5 Å². The average Bonchev–Trinajstić information content (AvgIpc) is 3.10. The number of carbonyl (C=O) groups excluding carboxylic acids is 1. The lowest BCUT2D eigenvalue weighted by Gasteiger charge is -2.12. The summed E-state index contributed by atoms with van der Waals surface area (Å²) >= 11 is 0. The van der Waals surface area contributed by atoms with Gasteiger partial charge in [-0.15, -0.1) is 0 Å². The maximum atomic E-state index is 12.8. The summed E-state index contributed by atoms with van der Waals surface area (Å²) in [6.07, 6.45) is 3.47. The molecule has 0 bridgehead atoms. The molecule has 178 valence electrons. The number of rotatable bonds is 5. The summed E-state index contributed by atoms with van der Waals surface area (Å²) < 4.78 is 40.6. The maximum absolute atomic E-state index is 12.8. The van der Waals surface area contributed by atoms with Crippen LogP contribution in [0, 0.1) is 0 Å². The van der Waals surface area contributed by atoms with E-state index in [-0.39, 0.29) is 10.5 Å². The summed E-state index contributed by atoms with van der Waals surface area (Å²) in [7, 11) is -3.89. The van der Waals surface area contributed by atoms with Gasteiger partial charge in [0, 0.05) is 36.3 Å². The van der Waals surface area contributed by atoms with Crippen LogP contribution in [0.1, 0.15) is 16.8 Å². The molecule has 10 nitrogen and oxygen atoms in total. The molecule has 3 heterocycles. The Morgan fingerprint density at radius 3 is 2.49 bits per heavy atom. The van der Waals surface area contributed by atoms with E-state index < -0.39 is 21.5 Å². The standard InChI is InChI=1S/C24H20N4O6S/c29-23(19-15-25-22-4-1-2-11-28(22)24(19)30)26-16-5-7-17(8-6-16)27-35(31,32)18-9-10-20-21(14-18)34-13-3-12-33-20/h1-2,4-11,14-15,27H,3,12-13H2,(H,26,29). The predicted molar refractivity (Wildman–Crippen MR) is 129 cm³/mol. The van der Waals surface area contributed by atoms with Crippen LogP contribution in [0.25, 0.3) is 5.65 Å². The van der Waals surface area contributed by atoms with Crippen LogP contribution < -0.4 is 25.1 Å². The lowest BCUT2D eigenvalue weighted by molar-refractivity contribution is 0.102. The number of nitrogens with one attached hydrogen (secondary N) is 2. The van der Waals surface area contributed by atoms with E-state index in [1.54, 1.807) is 24.3 Å². The zero-order valence-corrected chi connectivity index (χ0v) is 19.1. The predicted octanol–water partition coefficient (Wildman–Crippen LogP) is 2.91. The molecule has 11 heteroatoms. The Balaban J connectivity index is 1.30. The fraction of sp³-hybridized carbons (Fsp3) is 0.125. The van der Waals surface area contributed by atoms with Crippen LogP contribution in [-0.2, 0) is 10.0 Å². The van der Waals surface area contributed by atoms with Gasteiger partial charge in [0.05, 0.1) is 18.1 Å². The van der Waals surface area contributed by atoms with Gasteiger partial charge in [0.2, 0.25) is 0 Å². The van der Waals surface area contributed by atoms with E-state index in [0.29, 0.717) is 48.2 Å². The molecule has 35 heavy (non-hydrogen) atoms. The Morgan fingerprint density at radius 1 is 0.943 bits per heavy atom. The summed E-state index contributed by atoms with van der Waals surface area (Å²) in [5.74, 6) is 0.256. The van der Waals surface area contributed by atoms with Crippen molar-refractivity contribution in [1.82, 2.24) is 9.38 Å². The topological polar surface area (TPSA) is 128 Å². The Hall–Kier alpha value is -4.38. The van der Waals surface area contributed by atoms with Gasteiger partial charge in [-0.3, -0.25) is 18.7 Å². The Morgan fingerprint density at radius 2 is 1.69 bits per heavy atom. The lowest BCUT2D eigenvalue weighted by atomic mass is 10.2. The van der Waals surface area contributed by atoms with Crippen molar-refractivity contribution in [3.63, 3.8) is 0 Å². The highest BCUT2D eigenvalue weighted by Gasteiger charge is 2.19. The number of aromatic nitrogens is 2. The van der Waals surface area contributed by atoms with Crippen LogP contribution in [0.15, 0.2) is 82.7 Å². The number of nitrogens with zero attached hydrogens (tertiary/aromatic N) is 2. The van der Waals surface area contributed by atoms with Crippen molar-refractivity contribution in [1.29, 1.82) is 0 Å². The highest BCUT2D eigenvalue weighted by molar-refractivity contribution is 7.92. The van der Waals surface area contributed by atoms with Crippen LogP contribution in [0.4, 0.5) is 11.4 Å². The molecule has 0 saturated carbocycles. The van der Waals surface area contributed by atoms with Crippen molar-refractivity contribution in [2.75, 3.05) is 23.3 Å². The van der Waals surface area contributed by atoms with Crippen LogP contribution >= 0.6 is 0 Å². The number of hydrogen-bond donors (Lipinski definition) is 2. The summed E-state index contributed by atoms with van der Waals surface area (Å²) in [5.41, 5.74) is 0.494. The fourth-order valence-corrected chi connectivity index (χ4v) is 4.60. The molecule has 4 aromatic rings. The molecule has 0 saturated heterocycles. The molecule has 2 N–H and O–H groups in total. The molecular formula is C24H20N4O6S. The second-order valence-corrected chi connectivity index (χ2v) is 9.38. The van der Waals surface area contributed by atoms with E-state index >= 15 is 0 Å². The highest BCUT2D eigenvalue weighted by atomic mass is 32.2. The Labute approximate surface area is 200 Å².